The Morgan fingerprint density at radius 2 is 2.00 bits per heavy atom. The van der Waals surface area contributed by atoms with Crippen LogP contribution in [-0.4, -0.2) is 35.9 Å². The smallest absolute Gasteiger partial charge is 0.139 e. The van der Waals surface area contributed by atoms with Crippen molar-refractivity contribution >= 4 is 11.5 Å². The zero-order valence-corrected chi connectivity index (χ0v) is 18.5. The maximum absolute atomic E-state index is 12.6. The number of hydrogen-bond acceptors (Lipinski definition) is 5. The van der Waals surface area contributed by atoms with Crippen LogP contribution in [0, 0.1) is 40.4 Å². The van der Waals surface area contributed by atoms with Crippen molar-refractivity contribution < 1.29 is 14.7 Å². The van der Waals surface area contributed by atoms with Gasteiger partial charge in [-0.15, -0.1) is 0 Å². The molecule has 3 N–H and O–H groups in total. The maximum atomic E-state index is 12.6. The molecule has 5 heteroatoms. The lowest BCUT2D eigenvalue weighted by Crippen LogP contribution is -2.60. The quantitative estimate of drug-likeness (QED) is 0.537. The molecule has 0 spiro atoms. The summed E-state index contributed by atoms with van der Waals surface area (Å²) in [5.74, 6) is 2.60. The summed E-state index contributed by atoms with van der Waals surface area (Å²) in [6, 6.07) is 0. The molecule has 0 aromatic rings. The number of hydrogen-bond donors (Lipinski definition) is 2. The normalized spacial score (nSPS) is 48.2. The fourth-order valence-electron chi connectivity index (χ4n) is 8.07. The van der Waals surface area contributed by atoms with Crippen LogP contribution in [0.3, 0.4) is 0 Å². The number of aliphatic hydroxyl groups is 1. The largest absolute Gasteiger partial charge is 0.396 e. The van der Waals surface area contributed by atoms with Crippen LogP contribution in [0.2, 0.25) is 0 Å². The summed E-state index contributed by atoms with van der Waals surface area (Å²) >= 11 is 0. The Balaban J connectivity index is 1.59. The van der Waals surface area contributed by atoms with Gasteiger partial charge in [-0.1, -0.05) is 25.9 Å². The Kier molecular flexibility index (Phi) is 5.84. The number of Topliss-reactive ketones (excluding diaryl/α,β-unsaturated/α-hetero) is 1. The molecule has 8 atom stereocenters. The molecule has 5 nitrogen and oxygen atoms in total. The second-order valence-electron chi connectivity index (χ2n) is 10.7. The fourth-order valence-corrected chi connectivity index (χ4v) is 8.07. The number of nitrogens with two attached hydrogens (primary N) is 1. The van der Waals surface area contributed by atoms with E-state index in [4.69, 9.17) is 10.6 Å². The highest BCUT2D eigenvalue weighted by atomic mass is 16.6. The molecule has 0 radical (unpaired) electrons. The lowest BCUT2D eigenvalue weighted by molar-refractivity contribution is -0.161. The summed E-state index contributed by atoms with van der Waals surface area (Å²) in [5, 5.41) is 15.9. The highest BCUT2D eigenvalue weighted by molar-refractivity contribution is 5.88. The van der Waals surface area contributed by atoms with E-state index in [1.165, 1.54) is 0 Å². The van der Waals surface area contributed by atoms with E-state index in [-0.39, 0.29) is 22.9 Å². The van der Waals surface area contributed by atoms with Crippen molar-refractivity contribution in [1.82, 2.24) is 0 Å². The molecular formula is C24H40N2O3. The summed E-state index contributed by atoms with van der Waals surface area (Å²) in [5.41, 5.74) is 6.70. The van der Waals surface area contributed by atoms with Crippen LogP contribution in [0.15, 0.2) is 5.16 Å². The number of carbonyl (C=O) groups is 1. The number of nitrogens with zero attached hydrogens (tertiary/aromatic N) is 1. The Morgan fingerprint density at radius 3 is 2.72 bits per heavy atom. The van der Waals surface area contributed by atoms with E-state index in [2.05, 4.69) is 25.9 Å². The first-order valence-corrected chi connectivity index (χ1v) is 12.0. The highest BCUT2D eigenvalue weighted by Crippen LogP contribution is 2.66. The molecule has 4 aliphatic carbocycles. The molecule has 0 saturated heterocycles. The van der Waals surface area contributed by atoms with E-state index in [1.807, 2.05) is 0 Å². The number of rotatable bonds is 5. The molecule has 0 aromatic carbocycles. The lowest BCUT2D eigenvalue weighted by Gasteiger charge is -2.62. The zero-order valence-electron chi connectivity index (χ0n) is 18.5. The van der Waals surface area contributed by atoms with Gasteiger partial charge in [-0.3, -0.25) is 4.79 Å². The summed E-state index contributed by atoms with van der Waals surface area (Å²) in [6.07, 6.45) is 8.35. The van der Waals surface area contributed by atoms with Gasteiger partial charge in [0.15, 0.2) is 0 Å². The van der Waals surface area contributed by atoms with Crippen LogP contribution in [0.1, 0.15) is 78.6 Å². The van der Waals surface area contributed by atoms with Gasteiger partial charge in [0.05, 0.1) is 11.8 Å². The monoisotopic (exact) mass is 404 g/mol. The average molecular weight is 405 g/mol. The SMILES string of the molecule is CC[C@H]1/C(=N/OCCCN)CC[C@@]2(C)C1[C@@H](O)C[C@@H]1[C@@H]2CC[C@]2(C)C(=O)CC[C@@H]12. The molecule has 164 valence electrons. The Morgan fingerprint density at radius 1 is 1.21 bits per heavy atom. The minimum absolute atomic E-state index is 0.131. The average Bonchev–Trinajstić information content (AvgIpc) is 3.00. The molecule has 0 aliphatic heterocycles. The minimum atomic E-state index is -0.307. The third kappa shape index (κ3) is 3.27. The summed E-state index contributed by atoms with van der Waals surface area (Å²) in [7, 11) is 0. The van der Waals surface area contributed by atoms with Crippen LogP contribution in [0.5, 0.6) is 0 Å². The predicted molar refractivity (Wildman–Crippen MR) is 114 cm³/mol. The lowest BCUT2D eigenvalue weighted by atomic mass is 9.43. The van der Waals surface area contributed by atoms with Crippen LogP contribution in [0.4, 0.5) is 0 Å². The van der Waals surface area contributed by atoms with Crippen LogP contribution in [0.25, 0.3) is 0 Å². The van der Waals surface area contributed by atoms with Crippen molar-refractivity contribution in [2.24, 2.45) is 51.3 Å². The van der Waals surface area contributed by atoms with Gasteiger partial charge in [0.1, 0.15) is 12.4 Å². The number of aliphatic hydroxyl groups excluding tert-OH is 1. The third-order valence-electron chi connectivity index (χ3n) is 9.53. The van der Waals surface area contributed by atoms with Gasteiger partial charge in [0.2, 0.25) is 0 Å². The van der Waals surface area contributed by atoms with Crippen molar-refractivity contribution in [2.45, 2.75) is 84.7 Å². The number of ketones is 1. The Hall–Kier alpha value is -0.940. The summed E-state index contributed by atoms with van der Waals surface area (Å²) in [4.78, 5) is 18.2. The van der Waals surface area contributed by atoms with Crippen LogP contribution < -0.4 is 5.73 Å². The number of fused-ring (bicyclic) bond motifs is 5. The molecule has 4 saturated carbocycles. The van der Waals surface area contributed by atoms with Crippen LogP contribution in [-0.2, 0) is 9.63 Å². The van der Waals surface area contributed by atoms with Gasteiger partial charge in [-0.05, 0) is 87.0 Å². The second-order valence-corrected chi connectivity index (χ2v) is 10.7. The van der Waals surface area contributed by atoms with Gasteiger partial charge in [-0.25, -0.2) is 0 Å². The van der Waals surface area contributed by atoms with E-state index < -0.39 is 0 Å². The first-order valence-electron chi connectivity index (χ1n) is 12.0. The topological polar surface area (TPSA) is 84.9 Å². The van der Waals surface area contributed by atoms with Crippen LogP contribution >= 0.6 is 0 Å². The van der Waals surface area contributed by atoms with E-state index >= 15 is 0 Å². The van der Waals surface area contributed by atoms with E-state index in [1.54, 1.807) is 0 Å². The third-order valence-corrected chi connectivity index (χ3v) is 9.53. The Bertz CT molecular complexity index is 665. The minimum Gasteiger partial charge on any atom is -0.396 e. The van der Waals surface area contributed by atoms with Gasteiger partial charge in [0, 0.05) is 17.8 Å². The molecule has 0 heterocycles. The van der Waals surface area contributed by atoms with Crippen molar-refractivity contribution in [3.8, 4) is 0 Å². The molecule has 0 bridgehead atoms. The zero-order chi connectivity index (χ0) is 20.8. The van der Waals surface area contributed by atoms with Gasteiger partial charge < -0.3 is 15.7 Å². The standard InChI is InChI=1S/C24H40N2O3/c1-4-15-19(26-29-13-5-12-25)9-11-24(3)18-8-10-23(2)17(6-7-21(23)28)16(18)14-20(27)22(15)24/h15-18,20,22,27H,4-14,25H2,1-3H3/b26-19+/t15-,16-,17-,18-,20-,22?,23-,24+/m0/s1. The summed E-state index contributed by atoms with van der Waals surface area (Å²) < 4.78 is 0. The van der Waals surface area contributed by atoms with Gasteiger partial charge in [-0.2, -0.15) is 0 Å². The molecular weight excluding hydrogens is 364 g/mol. The second kappa shape index (κ2) is 7.96. The molecule has 4 aliphatic rings. The van der Waals surface area contributed by atoms with Crippen molar-refractivity contribution in [3.05, 3.63) is 0 Å². The van der Waals surface area contributed by atoms with E-state index in [0.29, 0.717) is 42.6 Å². The van der Waals surface area contributed by atoms with Crippen molar-refractivity contribution in [2.75, 3.05) is 13.2 Å². The van der Waals surface area contributed by atoms with Gasteiger partial charge >= 0.3 is 0 Å². The first-order chi connectivity index (χ1) is 13.9. The van der Waals surface area contributed by atoms with Gasteiger partial charge in [0.25, 0.3) is 0 Å². The molecule has 0 amide bonds. The van der Waals surface area contributed by atoms with E-state index in [9.17, 15) is 9.90 Å². The summed E-state index contributed by atoms with van der Waals surface area (Å²) in [6.45, 7) is 8.06. The number of carbonyl (C=O) groups excluding carboxylic acids is 1. The molecule has 4 rings (SSSR count). The predicted octanol–water partition coefficient (Wildman–Crippen LogP) is 3.93. The molecule has 29 heavy (non-hydrogen) atoms. The van der Waals surface area contributed by atoms with E-state index in [0.717, 1.165) is 63.5 Å². The molecule has 0 aromatic heterocycles. The highest BCUT2D eigenvalue weighted by Gasteiger charge is 2.63. The fraction of sp³-hybridized carbons (Fsp3) is 0.917. The number of oxime groups is 1. The van der Waals surface area contributed by atoms with Crippen molar-refractivity contribution in [1.29, 1.82) is 0 Å². The molecule has 4 fully saturated rings. The Labute approximate surface area is 175 Å². The maximum Gasteiger partial charge on any atom is 0.139 e. The van der Waals surface area contributed by atoms with Crippen molar-refractivity contribution in [3.63, 3.8) is 0 Å². The molecule has 1 unspecified atom stereocenters. The first kappa shape index (κ1) is 21.3.